The van der Waals surface area contributed by atoms with Gasteiger partial charge in [0.2, 0.25) is 0 Å². The number of halogens is 1. The third-order valence-electron chi connectivity index (χ3n) is 2.84. The molecule has 0 aliphatic carbocycles. The molecule has 0 amide bonds. The van der Waals surface area contributed by atoms with Gasteiger partial charge in [-0.1, -0.05) is 18.2 Å². The number of rotatable bonds is 3. The molecule has 1 aliphatic rings. The van der Waals surface area contributed by atoms with Crippen LogP contribution in [-0.4, -0.2) is 29.1 Å². The van der Waals surface area contributed by atoms with Crippen LogP contribution >= 0.6 is 12.4 Å². The molecule has 0 saturated carbocycles. The molecular weight excluding hydrogens is 226 g/mol. The maximum atomic E-state index is 11.0. The lowest BCUT2D eigenvalue weighted by atomic mass is 10.1. The van der Waals surface area contributed by atoms with Gasteiger partial charge in [0.25, 0.3) is 0 Å². The van der Waals surface area contributed by atoms with Gasteiger partial charge in [-0.15, -0.1) is 12.4 Å². The van der Waals surface area contributed by atoms with Gasteiger partial charge >= 0.3 is 5.97 Å². The molecule has 1 aromatic rings. The number of likely N-dealkylation sites (tertiary alicyclic amines) is 1. The fraction of sp³-hybridized carbons (Fsp3) is 0.417. The molecule has 3 nitrogen and oxygen atoms in total. The van der Waals surface area contributed by atoms with E-state index in [-0.39, 0.29) is 12.4 Å². The highest BCUT2D eigenvalue weighted by molar-refractivity contribution is 5.89. The van der Waals surface area contributed by atoms with Gasteiger partial charge in [-0.3, -0.25) is 4.90 Å². The largest absolute Gasteiger partial charge is 0.478 e. The first-order chi connectivity index (χ1) is 7.27. The molecule has 1 N–H and O–H groups in total. The number of benzene rings is 1. The zero-order valence-corrected chi connectivity index (χ0v) is 9.87. The third kappa shape index (κ3) is 2.97. The van der Waals surface area contributed by atoms with Gasteiger partial charge in [-0.2, -0.15) is 0 Å². The lowest BCUT2D eigenvalue weighted by Crippen LogP contribution is -2.20. The van der Waals surface area contributed by atoms with E-state index >= 15 is 0 Å². The fourth-order valence-electron chi connectivity index (χ4n) is 2.05. The second kappa shape index (κ2) is 5.87. The summed E-state index contributed by atoms with van der Waals surface area (Å²) >= 11 is 0. The maximum absolute atomic E-state index is 11.0. The third-order valence-corrected chi connectivity index (χ3v) is 2.84. The van der Waals surface area contributed by atoms with Gasteiger partial charge in [-0.05, 0) is 37.6 Å². The molecule has 16 heavy (non-hydrogen) atoms. The Morgan fingerprint density at radius 2 is 1.88 bits per heavy atom. The molecule has 2 rings (SSSR count). The second-order valence-corrected chi connectivity index (χ2v) is 3.95. The molecule has 1 aromatic carbocycles. The van der Waals surface area contributed by atoms with Crippen LogP contribution in [0.1, 0.15) is 28.8 Å². The van der Waals surface area contributed by atoms with Crippen molar-refractivity contribution in [2.24, 2.45) is 0 Å². The minimum atomic E-state index is -0.829. The number of carboxylic acids is 1. The fourth-order valence-corrected chi connectivity index (χ4v) is 2.05. The minimum Gasteiger partial charge on any atom is -0.478 e. The van der Waals surface area contributed by atoms with Gasteiger partial charge in [0.1, 0.15) is 0 Å². The Morgan fingerprint density at radius 1 is 1.25 bits per heavy atom. The van der Waals surface area contributed by atoms with Crippen molar-refractivity contribution >= 4 is 18.4 Å². The van der Waals surface area contributed by atoms with Gasteiger partial charge in [-0.25, -0.2) is 4.79 Å². The molecule has 0 bridgehead atoms. The summed E-state index contributed by atoms with van der Waals surface area (Å²) in [6.45, 7) is 2.95. The van der Waals surface area contributed by atoms with Crippen molar-refractivity contribution in [3.05, 3.63) is 35.4 Å². The van der Waals surface area contributed by atoms with Crippen LogP contribution in [0.4, 0.5) is 0 Å². The summed E-state index contributed by atoms with van der Waals surface area (Å²) < 4.78 is 0. The number of aromatic carboxylic acids is 1. The van der Waals surface area contributed by atoms with Crippen LogP contribution in [0, 0.1) is 0 Å². The summed E-state index contributed by atoms with van der Waals surface area (Å²) in [7, 11) is 0. The Bertz CT molecular complexity index is 362. The summed E-state index contributed by atoms with van der Waals surface area (Å²) in [5.74, 6) is -0.829. The summed E-state index contributed by atoms with van der Waals surface area (Å²) in [5, 5.41) is 9.02. The molecule has 0 atom stereocenters. The average molecular weight is 242 g/mol. The summed E-state index contributed by atoms with van der Waals surface area (Å²) in [6, 6.07) is 7.25. The topological polar surface area (TPSA) is 40.5 Å². The number of hydrogen-bond donors (Lipinski definition) is 1. The molecule has 88 valence electrons. The molecule has 4 heteroatoms. The standard InChI is InChI=1S/C12H15NO2.ClH/c14-12(15)11-6-2-1-5-10(11)9-13-7-3-4-8-13;/h1-2,5-6H,3-4,7-9H2,(H,14,15);1H. The van der Waals surface area contributed by atoms with Crippen LogP contribution in [0.3, 0.4) is 0 Å². The predicted octanol–water partition coefficient (Wildman–Crippen LogP) is 2.40. The van der Waals surface area contributed by atoms with Crippen molar-refractivity contribution in [1.82, 2.24) is 4.90 Å². The average Bonchev–Trinajstić information content (AvgIpc) is 2.71. The van der Waals surface area contributed by atoms with Crippen molar-refractivity contribution < 1.29 is 9.90 Å². The maximum Gasteiger partial charge on any atom is 0.336 e. The second-order valence-electron chi connectivity index (χ2n) is 3.95. The Labute approximate surface area is 101 Å². The Balaban J connectivity index is 0.00000128. The first-order valence-electron chi connectivity index (χ1n) is 5.31. The normalized spacial score (nSPS) is 15.8. The van der Waals surface area contributed by atoms with E-state index in [0.717, 1.165) is 25.2 Å². The van der Waals surface area contributed by atoms with E-state index in [1.807, 2.05) is 12.1 Å². The van der Waals surface area contributed by atoms with Crippen LogP contribution in [0.5, 0.6) is 0 Å². The molecule has 0 radical (unpaired) electrons. The Morgan fingerprint density at radius 3 is 2.50 bits per heavy atom. The molecule has 1 fully saturated rings. The van der Waals surface area contributed by atoms with Crippen LogP contribution in [0.2, 0.25) is 0 Å². The molecule has 1 saturated heterocycles. The van der Waals surface area contributed by atoms with E-state index in [1.165, 1.54) is 12.8 Å². The van der Waals surface area contributed by atoms with E-state index in [0.29, 0.717) is 5.56 Å². The zero-order chi connectivity index (χ0) is 10.7. The highest BCUT2D eigenvalue weighted by Gasteiger charge is 2.15. The molecular formula is C12H16ClNO2. The van der Waals surface area contributed by atoms with E-state index in [2.05, 4.69) is 4.90 Å². The van der Waals surface area contributed by atoms with Crippen LogP contribution in [0.15, 0.2) is 24.3 Å². The number of nitrogens with zero attached hydrogens (tertiary/aromatic N) is 1. The highest BCUT2D eigenvalue weighted by Crippen LogP contribution is 2.15. The van der Waals surface area contributed by atoms with Crippen molar-refractivity contribution in [2.45, 2.75) is 19.4 Å². The quantitative estimate of drug-likeness (QED) is 0.884. The van der Waals surface area contributed by atoms with Crippen LogP contribution in [0.25, 0.3) is 0 Å². The van der Waals surface area contributed by atoms with Crippen molar-refractivity contribution in [1.29, 1.82) is 0 Å². The van der Waals surface area contributed by atoms with Crippen LogP contribution < -0.4 is 0 Å². The van der Waals surface area contributed by atoms with Crippen molar-refractivity contribution in [3.63, 3.8) is 0 Å². The minimum absolute atomic E-state index is 0. The first kappa shape index (κ1) is 13.0. The van der Waals surface area contributed by atoms with Gasteiger partial charge in [0.15, 0.2) is 0 Å². The highest BCUT2D eigenvalue weighted by atomic mass is 35.5. The lowest BCUT2D eigenvalue weighted by Gasteiger charge is -2.15. The summed E-state index contributed by atoms with van der Waals surface area (Å²) in [5.41, 5.74) is 1.36. The van der Waals surface area contributed by atoms with E-state index in [4.69, 9.17) is 5.11 Å². The zero-order valence-electron chi connectivity index (χ0n) is 9.06. The molecule has 0 aromatic heterocycles. The molecule has 1 heterocycles. The number of carboxylic acid groups (broad SMARTS) is 1. The first-order valence-corrected chi connectivity index (χ1v) is 5.31. The predicted molar refractivity (Wildman–Crippen MR) is 65.2 cm³/mol. The lowest BCUT2D eigenvalue weighted by molar-refractivity contribution is 0.0694. The number of hydrogen-bond acceptors (Lipinski definition) is 2. The van der Waals surface area contributed by atoms with Crippen LogP contribution in [-0.2, 0) is 6.54 Å². The van der Waals surface area contributed by atoms with E-state index in [1.54, 1.807) is 12.1 Å². The summed E-state index contributed by atoms with van der Waals surface area (Å²) in [6.07, 6.45) is 2.46. The van der Waals surface area contributed by atoms with Crippen molar-refractivity contribution in [3.8, 4) is 0 Å². The van der Waals surface area contributed by atoms with Gasteiger partial charge < -0.3 is 5.11 Å². The smallest absolute Gasteiger partial charge is 0.336 e. The summed E-state index contributed by atoms with van der Waals surface area (Å²) in [4.78, 5) is 13.3. The monoisotopic (exact) mass is 241 g/mol. The van der Waals surface area contributed by atoms with Gasteiger partial charge in [0, 0.05) is 6.54 Å². The van der Waals surface area contributed by atoms with E-state index < -0.39 is 5.97 Å². The Hall–Kier alpha value is -1.06. The molecule has 0 unspecified atom stereocenters. The van der Waals surface area contributed by atoms with Gasteiger partial charge in [0.05, 0.1) is 5.56 Å². The Kier molecular flexibility index (Phi) is 4.77. The van der Waals surface area contributed by atoms with Crippen molar-refractivity contribution in [2.75, 3.05) is 13.1 Å². The van der Waals surface area contributed by atoms with E-state index in [9.17, 15) is 4.79 Å². The molecule has 1 aliphatic heterocycles. The number of carbonyl (C=O) groups is 1. The molecule has 0 spiro atoms. The SMILES string of the molecule is Cl.O=C(O)c1ccccc1CN1CCCC1.